The number of carbonyl (C=O) groups is 2. The van der Waals surface area contributed by atoms with Crippen LogP contribution in [0.15, 0.2) is 24.3 Å². The molecule has 0 spiro atoms. The molecule has 8 nitrogen and oxygen atoms in total. The van der Waals surface area contributed by atoms with Crippen molar-refractivity contribution in [2.24, 2.45) is 11.8 Å². The molecule has 32 heavy (non-hydrogen) atoms. The molecule has 0 saturated carbocycles. The first-order valence-corrected chi connectivity index (χ1v) is 11.5. The molecular formula is C23H31FN6O2. The fourth-order valence-electron chi connectivity index (χ4n) is 4.90. The SMILES string of the molecule is Cc1nnnn1[C@H](Cc1cccc(F)c1)C(=O)N1CCC(C(=O)N2CCC[C@@H](C)C2)CC1. The highest BCUT2D eigenvalue weighted by atomic mass is 19.1. The summed E-state index contributed by atoms with van der Waals surface area (Å²) in [6.07, 6.45) is 3.87. The second-order valence-electron chi connectivity index (χ2n) is 9.15. The van der Waals surface area contributed by atoms with Crippen LogP contribution in [-0.4, -0.2) is 68.0 Å². The summed E-state index contributed by atoms with van der Waals surface area (Å²) in [5.41, 5.74) is 0.711. The number of halogens is 1. The van der Waals surface area contributed by atoms with Gasteiger partial charge in [0.1, 0.15) is 17.7 Å². The fourth-order valence-corrected chi connectivity index (χ4v) is 4.90. The Bertz CT molecular complexity index is 955. The van der Waals surface area contributed by atoms with Gasteiger partial charge in [0.25, 0.3) is 0 Å². The summed E-state index contributed by atoms with van der Waals surface area (Å²) in [5.74, 6) is 0.856. The molecule has 2 aliphatic rings. The number of tetrazole rings is 1. The lowest BCUT2D eigenvalue weighted by atomic mass is 9.92. The minimum Gasteiger partial charge on any atom is -0.342 e. The fraction of sp³-hybridized carbons (Fsp3) is 0.609. The van der Waals surface area contributed by atoms with E-state index in [2.05, 4.69) is 22.4 Å². The molecule has 2 atom stereocenters. The van der Waals surface area contributed by atoms with Crippen molar-refractivity contribution in [3.05, 3.63) is 41.5 Å². The van der Waals surface area contributed by atoms with E-state index >= 15 is 0 Å². The molecule has 0 N–H and O–H groups in total. The van der Waals surface area contributed by atoms with Gasteiger partial charge in [0.15, 0.2) is 0 Å². The molecule has 1 aromatic carbocycles. The summed E-state index contributed by atoms with van der Waals surface area (Å²) in [6.45, 7) is 6.68. The van der Waals surface area contributed by atoms with E-state index in [9.17, 15) is 14.0 Å². The lowest BCUT2D eigenvalue weighted by Crippen LogP contribution is -2.48. The highest BCUT2D eigenvalue weighted by Gasteiger charge is 2.35. The van der Waals surface area contributed by atoms with Gasteiger partial charge in [0, 0.05) is 38.5 Å². The van der Waals surface area contributed by atoms with Crippen LogP contribution in [0.3, 0.4) is 0 Å². The molecular weight excluding hydrogens is 411 g/mol. The van der Waals surface area contributed by atoms with Crippen LogP contribution in [0, 0.1) is 24.6 Å². The van der Waals surface area contributed by atoms with Gasteiger partial charge in [-0.3, -0.25) is 9.59 Å². The molecule has 0 bridgehead atoms. The van der Waals surface area contributed by atoms with Gasteiger partial charge in [0.2, 0.25) is 11.8 Å². The largest absolute Gasteiger partial charge is 0.342 e. The number of piperidine rings is 2. The molecule has 2 fully saturated rings. The van der Waals surface area contributed by atoms with Gasteiger partial charge >= 0.3 is 0 Å². The lowest BCUT2D eigenvalue weighted by Gasteiger charge is -2.38. The molecule has 0 radical (unpaired) electrons. The first-order valence-electron chi connectivity index (χ1n) is 11.5. The van der Waals surface area contributed by atoms with Crippen LogP contribution in [0.2, 0.25) is 0 Å². The van der Waals surface area contributed by atoms with E-state index in [1.807, 2.05) is 4.90 Å². The number of carbonyl (C=O) groups excluding carboxylic acids is 2. The maximum absolute atomic E-state index is 13.7. The Morgan fingerprint density at radius 3 is 2.59 bits per heavy atom. The Morgan fingerprint density at radius 2 is 1.94 bits per heavy atom. The minimum absolute atomic E-state index is 0.0270. The van der Waals surface area contributed by atoms with Crippen LogP contribution in [0.4, 0.5) is 4.39 Å². The minimum atomic E-state index is -0.651. The van der Waals surface area contributed by atoms with Crippen LogP contribution in [0.25, 0.3) is 0 Å². The van der Waals surface area contributed by atoms with Crippen LogP contribution < -0.4 is 0 Å². The van der Waals surface area contributed by atoms with Crippen molar-refractivity contribution < 1.29 is 14.0 Å². The zero-order valence-electron chi connectivity index (χ0n) is 18.8. The van der Waals surface area contributed by atoms with Crippen LogP contribution in [-0.2, 0) is 16.0 Å². The topological polar surface area (TPSA) is 84.2 Å². The van der Waals surface area contributed by atoms with Gasteiger partial charge in [-0.05, 0) is 66.6 Å². The van der Waals surface area contributed by atoms with Gasteiger partial charge in [-0.15, -0.1) is 5.10 Å². The van der Waals surface area contributed by atoms with Crippen molar-refractivity contribution in [1.29, 1.82) is 0 Å². The van der Waals surface area contributed by atoms with Crippen molar-refractivity contribution in [1.82, 2.24) is 30.0 Å². The molecule has 2 aliphatic heterocycles. The van der Waals surface area contributed by atoms with Gasteiger partial charge < -0.3 is 9.80 Å². The predicted molar refractivity (Wildman–Crippen MR) is 116 cm³/mol. The molecule has 2 amide bonds. The lowest BCUT2D eigenvalue weighted by molar-refractivity contribution is -0.143. The number of amides is 2. The molecule has 0 aliphatic carbocycles. The molecule has 2 aromatic rings. The van der Waals surface area contributed by atoms with Crippen LogP contribution in [0.5, 0.6) is 0 Å². The van der Waals surface area contributed by atoms with Crippen LogP contribution >= 0.6 is 0 Å². The number of benzene rings is 1. The number of likely N-dealkylation sites (tertiary alicyclic amines) is 2. The van der Waals surface area contributed by atoms with Crippen molar-refractivity contribution in [2.75, 3.05) is 26.2 Å². The number of nitrogens with zero attached hydrogens (tertiary/aromatic N) is 6. The first-order chi connectivity index (χ1) is 15.4. The Balaban J connectivity index is 1.43. The average molecular weight is 443 g/mol. The highest BCUT2D eigenvalue weighted by Crippen LogP contribution is 2.26. The smallest absolute Gasteiger partial charge is 0.247 e. The molecule has 2 saturated heterocycles. The van der Waals surface area contributed by atoms with E-state index in [0.29, 0.717) is 49.7 Å². The summed E-state index contributed by atoms with van der Waals surface area (Å²) in [4.78, 5) is 30.3. The molecule has 0 unspecified atom stereocenters. The Kier molecular flexibility index (Phi) is 6.81. The van der Waals surface area contributed by atoms with Crippen molar-refractivity contribution in [3.8, 4) is 0 Å². The maximum atomic E-state index is 13.7. The molecule has 172 valence electrons. The zero-order valence-corrected chi connectivity index (χ0v) is 18.8. The zero-order chi connectivity index (χ0) is 22.7. The summed E-state index contributed by atoms with van der Waals surface area (Å²) < 4.78 is 15.2. The predicted octanol–water partition coefficient (Wildman–Crippen LogP) is 2.40. The van der Waals surface area contributed by atoms with Crippen molar-refractivity contribution in [2.45, 2.75) is 52.0 Å². The van der Waals surface area contributed by atoms with Gasteiger partial charge in [0.05, 0.1) is 0 Å². The van der Waals surface area contributed by atoms with E-state index in [4.69, 9.17) is 0 Å². The van der Waals surface area contributed by atoms with Gasteiger partial charge in [-0.2, -0.15) is 0 Å². The van der Waals surface area contributed by atoms with E-state index in [1.165, 1.54) is 23.2 Å². The second-order valence-corrected chi connectivity index (χ2v) is 9.15. The van der Waals surface area contributed by atoms with Crippen molar-refractivity contribution in [3.63, 3.8) is 0 Å². The number of aromatic nitrogens is 4. The van der Waals surface area contributed by atoms with Gasteiger partial charge in [-0.25, -0.2) is 9.07 Å². The van der Waals surface area contributed by atoms with E-state index in [-0.39, 0.29) is 23.5 Å². The molecule has 1 aromatic heterocycles. The average Bonchev–Trinajstić information content (AvgIpc) is 3.22. The number of aryl methyl sites for hydroxylation is 1. The van der Waals surface area contributed by atoms with Crippen LogP contribution in [0.1, 0.15) is 50.0 Å². The summed E-state index contributed by atoms with van der Waals surface area (Å²) in [5, 5.41) is 11.6. The monoisotopic (exact) mass is 442 g/mol. The Hall–Kier alpha value is -2.84. The Labute approximate surface area is 187 Å². The highest BCUT2D eigenvalue weighted by molar-refractivity contribution is 5.82. The summed E-state index contributed by atoms with van der Waals surface area (Å²) in [6, 6.07) is 5.60. The third-order valence-corrected chi connectivity index (χ3v) is 6.68. The third kappa shape index (κ3) is 4.97. The van der Waals surface area contributed by atoms with E-state index in [1.54, 1.807) is 24.0 Å². The maximum Gasteiger partial charge on any atom is 0.247 e. The summed E-state index contributed by atoms with van der Waals surface area (Å²) in [7, 11) is 0. The number of hydrogen-bond donors (Lipinski definition) is 0. The number of hydrogen-bond acceptors (Lipinski definition) is 5. The van der Waals surface area contributed by atoms with Crippen molar-refractivity contribution >= 4 is 11.8 Å². The second kappa shape index (κ2) is 9.75. The molecule has 9 heteroatoms. The molecule has 4 rings (SSSR count). The first kappa shape index (κ1) is 22.4. The summed E-state index contributed by atoms with van der Waals surface area (Å²) >= 11 is 0. The Morgan fingerprint density at radius 1 is 1.16 bits per heavy atom. The third-order valence-electron chi connectivity index (χ3n) is 6.68. The van der Waals surface area contributed by atoms with Gasteiger partial charge in [-0.1, -0.05) is 19.1 Å². The van der Waals surface area contributed by atoms with E-state index in [0.717, 1.165) is 19.5 Å². The quantitative estimate of drug-likeness (QED) is 0.710. The van der Waals surface area contributed by atoms with E-state index < -0.39 is 6.04 Å². The molecule has 3 heterocycles. The number of rotatable bonds is 5. The normalized spacial score (nSPS) is 20.9. The standard InChI is InChI=1S/C23H31FN6O2/c1-16-5-4-10-29(15-16)22(31)19-8-11-28(12-9-19)23(32)21(30-17(2)25-26-27-30)14-18-6-3-7-20(24)13-18/h3,6-7,13,16,19,21H,4-5,8-12,14-15H2,1-2H3/t16-,21-/m1/s1.